The summed E-state index contributed by atoms with van der Waals surface area (Å²) in [5.74, 6) is -0.469. The number of hydrogen-bond acceptors (Lipinski definition) is 4. The Morgan fingerprint density at radius 1 is 0.824 bits per heavy atom. The lowest BCUT2D eigenvalue weighted by molar-refractivity contribution is -0.134. The number of hydrogen-bond donors (Lipinski definition) is 0. The van der Waals surface area contributed by atoms with Gasteiger partial charge in [0, 0.05) is 27.6 Å². The molecule has 34 heavy (non-hydrogen) atoms. The van der Waals surface area contributed by atoms with Crippen LogP contribution in [0.3, 0.4) is 0 Å². The molecule has 166 valence electrons. The van der Waals surface area contributed by atoms with Crippen LogP contribution in [0.25, 0.3) is 6.08 Å². The van der Waals surface area contributed by atoms with Crippen molar-refractivity contribution in [1.29, 1.82) is 5.26 Å². The van der Waals surface area contributed by atoms with Crippen molar-refractivity contribution < 1.29 is 9.53 Å². The van der Waals surface area contributed by atoms with Crippen LogP contribution in [0.5, 0.6) is 0 Å². The molecular weight excluding hydrogens is 439 g/mol. The highest BCUT2D eigenvalue weighted by Gasteiger charge is 2.27. The number of nitrogens with zero attached hydrogens (tertiary/aromatic N) is 2. The monoisotopic (exact) mass is 462 g/mol. The van der Waals surface area contributed by atoms with Gasteiger partial charge in [-0.2, -0.15) is 5.26 Å². The summed E-state index contributed by atoms with van der Waals surface area (Å²) in [6, 6.07) is 38.4. The molecule has 4 aromatic carbocycles. The van der Waals surface area contributed by atoms with E-state index in [1.165, 1.54) is 13.2 Å². The average Bonchev–Trinajstić information content (AvgIpc) is 2.92. The summed E-state index contributed by atoms with van der Waals surface area (Å²) in [6.45, 7) is 0. The summed E-state index contributed by atoms with van der Waals surface area (Å²) >= 11 is 0. The van der Waals surface area contributed by atoms with Gasteiger partial charge in [-0.05, 0) is 24.3 Å². The van der Waals surface area contributed by atoms with Gasteiger partial charge in [-0.15, -0.1) is 0 Å². The standard InChI is InChI=1S/C29H23N2O2P/c1-33-29(32)20-18-24-21-23(22-30)17-19-28(24)31-34(25-11-5-2-6-12-25,26-13-7-3-8-14-26)27-15-9-4-10-16-27/h2-21H,1H3/b20-18+. The Balaban J connectivity index is 2.11. The van der Waals surface area contributed by atoms with Crippen LogP contribution >= 0.6 is 7.05 Å². The Hall–Kier alpha value is -4.19. The minimum Gasteiger partial charge on any atom is -0.466 e. The van der Waals surface area contributed by atoms with E-state index >= 15 is 0 Å². The highest BCUT2D eigenvalue weighted by molar-refractivity contribution is 7.87. The SMILES string of the molecule is COC(=O)/C=C/c1cc(C#N)ccc1N=P(c1ccccc1)(c1ccccc1)c1ccccc1. The van der Waals surface area contributed by atoms with Gasteiger partial charge in [0.05, 0.1) is 31.5 Å². The molecular formula is C29H23N2O2P. The largest absolute Gasteiger partial charge is 0.466 e. The van der Waals surface area contributed by atoms with E-state index in [2.05, 4.69) is 42.5 Å². The number of carbonyl (C=O) groups is 1. The van der Waals surface area contributed by atoms with E-state index in [1.807, 2.05) is 60.7 Å². The second-order valence-electron chi connectivity index (χ2n) is 7.48. The van der Waals surface area contributed by atoms with Crippen LogP contribution in [0.15, 0.2) is 120 Å². The van der Waals surface area contributed by atoms with Crippen molar-refractivity contribution in [2.75, 3.05) is 7.11 Å². The number of esters is 1. The number of carbonyl (C=O) groups excluding carboxylic acids is 1. The molecule has 0 unspecified atom stereocenters. The predicted octanol–water partition coefficient (Wildman–Crippen LogP) is 5.55. The molecule has 4 aromatic rings. The third-order valence-corrected chi connectivity index (χ3v) is 9.06. The van der Waals surface area contributed by atoms with Gasteiger partial charge in [-0.1, -0.05) is 91.0 Å². The molecule has 0 spiro atoms. The van der Waals surface area contributed by atoms with Crippen molar-refractivity contribution in [3.63, 3.8) is 0 Å². The average molecular weight is 462 g/mol. The third-order valence-electron chi connectivity index (χ3n) is 5.40. The second-order valence-corrected chi connectivity index (χ2v) is 10.5. The van der Waals surface area contributed by atoms with Crippen molar-refractivity contribution >= 4 is 40.7 Å². The smallest absolute Gasteiger partial charge is 0.330 e. The maximum Gasteiger partial charge on any atom is 0.330 e. The molecule has 0 atom stereocenters. The molecule has 0 bridgehead atoms. The molecule has 0 heterocycles. The van der Waals surface area contributed by atoms with Crippen LogP contribution in [0, 0.1) is 11.3 Å². The molecule has 0 N–H and O–H groups in total. The summed E-state index contributed by atoms with van der Waals surface area (Å²) in [6.07, 6.45) is 3.00. The molecule has 0 saturated carbocycles. The first-order chi connectivity index (χ1) is 16.7. The minimum atomic E-state index is -2.49. The van der Waals surface area contributed by atoms with Crippen LogP contribution in [-0.4, -0.2) is 13.1 Å². The number of nitriles is 1. The van der Waals surface area contributed by atoms with Crippen molar-refractivity contribution in [2.24, 2.45) is 4.74 Å². The topological polar surface area (TPSA) is 62.5 Å². The van der Waals surface area contributed by atoms with E-state index in [4.69, 9.17) is 9.48 Å². The fraction of sp³-hybridized carbons (Fsp3) is 0.0345. The summed E-state index contributed by atoms with van der Waals surface area (Å²) < 4.78 is 10.2. The van der Waals surface area contributed by atoms with Crippen molar-refractivity contribution in [3.05, 3.63) is 126 Å². The highest BCUT2D eigenvalue weighted by Crippen LogP contribution is 2.49. The molecule has 0 aliphatic carbocycles. The van der Waals surface area contributed by atoms with Crippen LogP contribution in [0.4, 0.5) is 5.69 Å². The summed E-state index contributed by atoms with van der Waals surface area (Å²) in [4.78, 5) is 11.8. The van der Waals surface area contributed by atoms with E-state index < -0.39 is 13.0 Å². The number of rotatable bonds is 6. The molecule has 0 aromatic heterocycles. The van der Waals surface area contributed by atoms with Gasteiger partial charge < -0.3 is 4.74 Å². The van der Waals surface area contributed by atoms with Gasteiger partial charge in [-0.25, -0.2) is 4.79 Å². The maximum atomic E-state index is 11.8. The first kappa shape index (κ1) is 23.0. The number of benzene rings is 4. The number of ether oxygens (including phenoxy) is 1. The Morgan fingerprint density at radius 3 is 1.76 bits per heavy atom. The molecule has 0 fully saturated rings. The quantitative estimate of drug-likeness (QED) is 0.214. The van der Waals surface area contributed by atoms with Crippen LogP contribution in [0.1, 0.15) is 11.1 Å². The maximum absolute atomic E-state index is 11.8. The van der Waals surface area contributed by atoms with Crippen LogP contribution < -0.4 is 15.9 Å². The molecule has 4 rings (SSSR count). The highest BCUT2D eigenvalue weighted by atomic mass is 31.2. The molecule has 0 aliphatic rings. The van der Waals surface area contributed by atoms with Gasteiger partial charge in [-0.3, -0.25) is 4.74 Å². The van der Waals surface area contributed by atoms with Crippen molar-refractivity contribution in [3.8, 4) is 6.07 Å². The lowest BCUT2D eigenvalue weighted by Gasteiger charge is -2.27. The van der Waals surface area contributed by atoms with Gasteiger partial charge in [0.25, 0.3) is 0 Å². The Bertz CT molecular complexity index is 1300. The fourth-order valence-electron chi connectivity index (χ4n) is 3.79. The van der Waals surface area contributed by atoms with Gasteiger partial charge >= 0.3 is 5.97 Å². The van der Waals surface area contributed by atoms with Gasteiger partial charge in [0.2, 0.25) is 0 Å². The lowest BCUT2D eigenvalue weighted by Crippen LogP contribution is -2.25. The minimum absolute atomic E-state index is 0.469. The zero-order valence-corrected chi connectivity index (χ0v) is 19.6. The Labute approximate surface area is 199 Å². The summed E-state index contributed by atoms with van der Waals surface area (Å²) in [5, 5.41) is 12.8. The second kappa shape index (κ2) is 10.6. The molecule has 0 amide bonds. The fourth-order valence-corrected chi connectivity index (χ4v) is 7.34. The van der Waals surface area contributed by atoms with E-state index in [-0.39, 0.29) is 0 Å². The van der Waals surface area contributed by atoms with Crippen LogP contribution in [-0.2, 0) is 9.53 Å². The Morgan fingerprint density at radius 2 is 1.32 bits per heavy atom. The number of methoxy groups -OCH3 is 1. The van der Waals surface area contributed by atoms with Crippen molar-refractivity contribution in [2.45, 2.75) is 0 Å². The lowest BCUT2D eigenvalue weighted by atomic mass is 10.1. The van der Waals surface area contributed by atoms with Crippen molar-refractivity contribution in [1.82, 2.24) is 0 Å². The zero-order valence-electron chi connectivity index (χ0n) is 18.7. The molecule has 0 radical (unpaired) electrons. The summed E-state index contributed by atoms with van der Waals surface area (Å²) in [5.41, 5.74) is 1.87. The molecule has 5 heteroatoms. The Kier molecular flexibility index (Phi) is 7.18. The molecule has 0 aliphatic heterocycles. The first-order valence-electron chi connectivity index (χ1n) is 10.8. The third kappa shape index (κ3) is 4.76. The van der Waals surface area contributed by atoms with E-state index in [9.17, 15) is 10.1 Å². The van der Waals surface area contributed by atoms with Gasteiger partial charge in [0.15, 0.2) is 0 Å². The van der Waals surface area contributed by atoms with Crippen LogP contribution in [0.2, 0.25) is 0 Å². The van der Waals surface area contributed by atoms with Gasteiger partial charge in [0.1, 0.15) is 0 Å². The van der Waals surface area contributed by atoms with E-state index in [0.717, 1.165) is 15.9 Å². The normalized spacial score (nSPS) is 11.1. The predicted molar refractivity (Wildman–Crippen MR) is 139 cm³/mol. The summed E-state index contributed by atoms with van der Waals surface area (Å²) in [7, 11) is -1.15. The zero-order chi connectivity index (χ0) is 23.8. The molecule has 0 saturated heterocycles. The van der Waals surface area contributed by atoms with E-state index in [1.54, 1.807) is 18.2 Å². The first-order valence-corrected chi connectivity index (χ1v) is 12.5. The molecule has 4 nitrogen and oxygen atoms in total. The van der Waals surface area contributed by atoms with E-state index in [0.29, 0.717) is 16.8 Å².